The van der Waals surface area contributed by atoms with Crippen LogP contribution >= 0.6 is 11.6 Å². The highest BCUT2D eigenvalue weighted by Crippen LogP contribution is 2.34. The van der Waals surface area contributed by atoms with Gasteiger partial charge >= 0.3 is 5.97 Å². The molecule has 0 aromatic heterocycles. The van der Waals surface area contributed by atoms with E-state index in [0.29, 0.717) is 22.7 Å². The fourth-order valence-electron chi connectivity index (χ4n) is 4.85. The van der Waals surface area contributed by atoms with Crippen molar-refractivity contribution in [3.63, 3.8) is 0 Å². The van der Waals surface area contributed by atoms with Crippen LogP contribution in [0.2, 0.25) is 0 Å². The SMILES string of the molecule is Cc1ccc(N2C(=O)C(Cl)=C(Nc3ccc(C(=O)Oc4ccc(C(C)(C)c5ccccc5)cc4)cc3)C2=O)c(C)c1. The summed E-state index contributed by atoms with van der Waals surface area (Å²) in [7, 11) is 0. The molecule has 6 nitrogen and oxygen atoms in total. The molecule has 0 aliphatic carbocycles. The van der Waals surface area contributed by atoms with E-state index < -0.39 is 17.8 Å². The van der Waals surface area contributed by atoms with Gasteiger partial charge < -0.3 is 10.1 Å². The Morgan fingerprint density at radius 3 is 2.07 bits per heavy atom. The maximum atomic E-state index is 13.1. The minimum Gasteiger partial charge on any atom is -0.423 e. The van der Waals surface area contributed by atoms with Crippen LogP contribution in [0.25, 0.3) is 0 Å². The van der Waals surface area contributed by atoms with E-state index >= 15 is 0 Å². The van der Waals surface area contributed by atoms with E-state index in [1.165, 1.54) is 5.56 Å². The highest BCUT2D eigenvalue weighted by atomic mass is 35.5. The molecule has 0 spiro atoms. The molecule has 0 saturated carbocycles. The Labute approximate surface area is 244 Å². The summed E-state index contributed by atoms with van der Waals surface area (Å²) >= 11 is 6.28. The normalized spacial score (nSPS) is 13.5. The maximum Gasteiger partial charge on any atom is 0.343 e. The molecule has 206 valence electrons. The van der Waals surface area contributed by atoms with Crippen LogP contribution < -0.4 is 15.0 Å². The van der Waals surface area contributed by atoms with Crippen LogP contribution in [-0.4, -0.2) is 17.8 Å². The minimum atomic E-state index is -0.593. The number of halogens is 1. The lowest BCUT2D eigenvalue weighted by Crippen LogP contribution is -2.32. The Morgan fingerprint density at radius 1 is 0.805 bits per heavy atom. The van der Waals surface area contributed by atoms with Crippen molar-refractivity contribution in [1.29, 1.82) is 0 Å². The predicted molar refractivity (Wildman–Crippen MR) is 161 cm³/mol. The van der Waals surface area contributed by atoms with E-state index in [0.717, 1.165) is 21.6 Å². The lowest BCUT2D eigenvalue weighted by Gasteiger charge is -2.26. The van der Waals surface area contributed by atoms with Gasteiger partial charge in [-0.15, -0.1) is 0 Å². The number of aryl methyl sites for hydroxylation is 2. The second-order valence-corrected chi connectivity index (χ2v) is 10.9. The van der Waals surface area contributed by atoms with E-state index in [1.807, 2.05) is 56.3 Å². The van der Waals surface area contributed by atoms with Crippen LogP contribution in [0.15, 0.2) is 108 Å². The molecule has 1 aliphatic heterocycles. The van der Waals surface area contributed by atoms with Crippen molar-refractivity contribution in [3.05, 3.63) is 136 Å². The van der Waals surface area contributed by atoms with Crippen molar-refractivity contribution in [2.45, 2.75) is 33.1 Å². The molecule has 0 bridgehead atoms. The van der Waals surface area contributed by atoms with Gasteiger partial charge in [-0.25, -0.2) is 9.69 Å². The molecule has 1 N–H and O–H groups in total. The zero-order valence-electron chi connectivity index (χ0n) is 23.2. The number of carbonyl (C=O) groups is 3. The molecule has 4 aromatic carbocycles. The van der Waals surface area contributed by atoms with Crippen molar-refractivity contribution >= 4 is 40.8 Å². The second kappa shape index (κ2) is 11.1. The fourth-order valence-corrected chi connectivity index (χ4v) is 5.06. The molecule has 41 heavy (non-hydrogen) atoms. The molecule has 0 atom stereocenters. The Bertz CT molecular complexity index is 1670. The zero-order valence-corrected chi connectivity index (χ0v) is 24.0. The monoisotopic (exact) mass is 564 g/mol. The number of rotatable bonds is 7. The van der Waals surface area contributed by atoms with Gasteiger partial charge in [0.2, 0.25) is 0 Å². The van der Waals surface area contributed by atoms with Crippen LogP contribution in [0.1, 0.15) is 46.5 Å². The summed E-state index contributed by atoms with van der Waals surface area (Å²) < 4.78 is 5.58. The first kappa shape index (κ1) is 27.9. The van der Waals surface area contributed by atoms with Gasteiger partial charge in [-0.2, -0.15) is 0 Å². The quantitative estimate of drug-likeness (QED) is 0.145. The largest absolute Gasteiger partial charge is 0.423 e. The first-order valence-corrected chi connectivity index (χ1v) is 13.5. The predicted octanol–water partition coefficient (Wildman–Crippen LogP) is 7.28. The number of imide groups is 1. The average Bonchev–Trinajstić information content (AvgIpc) is 3.17. The number of hydrogen-bond donors (Lipinski definition) is 1. The fraction of sp³-hybridized carbons (Fsp3) is 0.147. The Hall–Kier alpha value is -4.68. The van der Waals surface area contributed by atoms with E-state index in [9.17, 15) is 14.4 Å². The van der Waals surface area contributed by atoms with Crippen molar-refractivity contribution in [2.24, 2.45) is 0 Å². The van der Waals surface area contributed by atoms with Gasteiger partial charge in [-0.3, -0.25) is 9.59 Å². The van der Waals surface area contributed by atoms with E-state index in [2.05, 4.69) is 31.3 Å². The number of nitrogens with one attached hydrogen (secondary N) is 1. The van der Waals surface area contributed by atoms with Crippen LogP contribution in [0.5, 0.6) is 5.75 Å². The van der Waals surface area contributed by atoms with Gasteiger partial charge in [0.1, 0.15) is 16.5 Å². The molecule has 5 rings (SSSR count). The smallest absolute Gasteiger partial charge is 0.343 e. The van der Waals surface area contributed by atoms with Gasteiger partial charge in [-0.05, 0) is 73.0 Å². The number of benzene rings is 4. The zero-order chi connectivity index (χ0) is 29.3. The van der Waals surface area contributed by atoms with E-state index in [1.54, 1.807) is 42.5 Å². The number of nitrogens with zero attached hydrogens (tertiary/aromatic N) is 1. The van der Waals surface area contributed by atoms with E-state index in [4.69, 9.17) is 16.3 Å². The molecule has 1 heterocycles. The lowest BCUT2D eigenvalue weighted by molar-refractivity contribution is -0.120. The van der Waals surface area contributed by atoms with Gasteiger partial charge in [0, 0.05) is 11.1 Å². The molecule has 7 heteroatoms. The molecule has 4 aromatic rings. The lowest BCUT2D eigenvalue weighted by atomic mass is 9.78. The summed E-state index contributed by atoms with van der Waals surface area (Å²) in [6.07, 6.45) is 0. The number of hydrogen-bond acceptors (Lipinski definition) is 5. The van der Waals surface area contributed by atoms with Crippen LogP contribution in [0.3, 0.4) is 0 Å². The molecule has 0 saturated heterocycles. The molecular weight excluding hydrogens is 536 g/mol. The molecule has 0 fully saturated rings. The first-order chi connectivity index (χ1) is 19.6. The van der Waals surface area contributed by atoms with Gasteiger partial charge in [0.25, 0.3) is 11.8 Å². The highest BCUT2D eigenvalue weighted by molar-refractivity contribution is 6.53. The third kappa shape index (κ3) is 5.52. The number of anilines is 2. The third-order valence-electron chi connectivity index (χ3n) is 7.29. The summed E-state index contributed by atoms with van der Waals surface area (Å²) in [5.74, 6) is -1.22. The van der Waals surface area contributed by atoms with E-state index in [-0.39, 0.29) is 16.1 Å². The number of amides is 2. The van der Waals surface area contributed by atoms with Gasteiger partial charge in [-0.1, -0.05) is 85.6 Å². The molecule has 0 radical (unpaired) electrons. The number of carbonyl (C=O) groups excluding carboxylic acids is 3. The van der Waals surface area contributed by atoms with Crippen LogP contribution in [-0.2, 0) is 15.0 Å². The summed E-state index contributed by atoms with van der Waals surface area (Å²) in [6.45, 7) is 8.07. The first-order valence-electron chi connectivity index (χ1n) is 13.2. The topological polar surface area (TPSA) is 75.7 Å². The summed E-state index contributed by atoms with van der Waals surface area (Å²) in [4.78, 5) is 39.8. The van der Waals surface area contributed by atoms with Gasteiger partial charge in [0.15, 0.2) is 0 Å². The second-order valence-electron chi connectivity index (χ2n) is 10.5. The molecule has 2 amide bonds. The van der Waals surface area contributed by atoms with Crippen molar-refractivity contribution in [3.8, 4) is 5.75 Å². The average molecular weight is 565 g/mol. The summed E-state index contributed by atoms with van der Waals surface area (Å²) in [6, 6.07) is 29.6. The van der Waals surface area contributed by atoms with Crippen LogP contribution in [0, 0.1) is 13.8 Å². The Kier molecular flexibility index (Phi) is 7.52. The van der Waals surface area contributed by atoms with Crippen molar-refractivity contribution < 1.29 is 19.1 Å². The van der Waals surface area contributed by atoms with Crippen molar-refractivity contribution in [1.82, 2.24) is 0 Å². The maximum absolute atomic E-state index is 13.1. The standard InChI is InChI=1S/C34H29ClN2O4/c1-21-10-19-28(22(2)20-21)37-31(38)29(35)30(32(37)39)36-26-15-11-23(12-16-26)33(40)41-27-17-13-25(14-18-27)34(3,4)24-8-6-5-7-9-24/h5-20,36H,1-4H3. The van der Waals surface area contributed by atoms with Crippen LogP contribution in [0.4, 0.5) is 11.4 Å². The number of esters is 1. The summed E-state index contributed by atoms with van der Waals surface area (Å²) in [5, 5.41) is 2.74. The van der Waals surface area contributed by atoms with Gasteiger partial charge in [0.05, 0.1) is 11.3 Å². The van der Waals surface area contributed by atoms with Crippen molar-refractivity contribution in [2.75, 3.05) is 10.2 Å². The highest BCUT2D eigenvalue weighted by Gasteiger charge is 2.39. The summed E-state index contributed by atoms with van der Waals surface area (Å²) in [5.41, 5.74) is 5.17. The Balaban J connectivity index is 1.25. The molecular formula is C34H29ClN2O4. The minimum absolute atomic E-state index is 0.0227. The molecule has 0 unspecified atom stereocenters. The Morgan fingerprint density at radius 2 is 1.44 bits per heavy atom. The number of ether oxygens (including phenoxy) is 1. The third-order valence-corrected chi connectivity index (χ3v) is 7.64. The molecule has 1 aliphatic rings.